The number of nitrogens with one attached hydrogen (secondary N) is 2. The van der Waals surface area contributed by atoms with Crippen molar-refractivity contribution in [3.05, 3.63) is 59.7 Å². The predicted molar refractivity (Wildman–Crippen MR) is 112 cm³/mol. The molecule has 3 rings (SSSR count). The summed E-state index contributed by atoms with van der Waals surface area (Å²) >= 11 is 0. The van der Waals surface area contributed by atoms with Crippen LogP contribution in [0.3, 0.4) is 0 Å². The Balaban J connectivity index is 1.74. The SMILES string of the molecule is COc1ccc(C(=O)NC(=N)N(C)C(C#CC2CC2)c2ccc(OC)cc2)cc1. The molecule has 2 aromatic carbocycles. The van der Waals surface area contributed by atoms with E-state index in [0.717, 1.165) is 24.2 Å². The molecule has 0 heterocycles. The molecule has 0 aromatic heterocycles. The molecule has 29 heavy (non-hydrogen) atoms. The summed E-state index contributed by atoms with van der Waals surface area (Å²) in [4.78, 5) is 14.2. The molecule has 0 bridgehead atoms. The number of rotatable bonds is 5. The number of carbonyl (C=O) groups is 1. The molecular formula is C23H25N3O3. The topological polar surface area (TPSA) is 74.7 Å². The molecule has 1 amide bonds. The Hall–Kier alpha value is -3.46. The van der Waals surface area contributed by atoms with Gasteiger partial charge in [0.25, 0.3) is 5.91 Å². The smallest absolute Gasteiger partial charge is 0.257 e. The molecule has 1 saturated carbocycles. The van der Waals surface area contributed by atoms with Gasteiger partial charge in [0.1, 0.15) is 17.5 Å². The fourth-order valence-electron chi connectivity index (χ4n) is 2.75. The maximum absolute atomic E-state index is 12.5. The van der Waals surface area contributed by atoms with Crippen molar-refractivity contribution in [3.63, 3.8) is 0 Å². The van der Waals surface area contributed by atoms with Gasteiger partial charge >= 0.3 is 0 Å². The molecule has 0 saturated heterocycles. The molecule has 0 spiro atoms. The van der Waals surface area contributed by atoms with E-state index in [1.807, 2.05) is 24.3 Å². The van der Waals surface area contributed by atoms with Crippen LogP contribution in [0, 0.1) is 23.2 Å². The number of guanidine groups is 1. The predicted octanol–water partition coefficient (Wildman–Crippen LogP) is 3.45. The monoisotopic (exact) mass is 391 g/mol. The number of ether oxygens (including phenoxy) is 2. The van der Waals surface area contributed by atoms with Crippen molar-refractivity contribution < 1.29 is 14.3 Å². The molecule has 1 aliphatic carbocycles. The summed E-state index contributed by atoms with van der Waals surface area (Å²) in [5, 5.41) is 11.0. The summed E-state index contributed by atoms with van der Waals surface area (Å²) < 4.78 is 10.3. The summed E-state index contributed by atoms with van der Waals surface area (Å²) in [7, 11) is 4.95. The lowest BCUT2D eigenvalue weighted by Gasteiger charge is -2.27. The maximum atomic E-state index is 12.5. The number of hydrogen-bond acceptors (Lipinski definition) is 4. The first-order valence-electron chi connectivity index (χ1n) is 9.43. The minimum atomic E-state index is -0.354. The van der Waals surface area contributed by atoms with E-state index in [-0.39, 0.29) is 17.9 Å². The molecule has 1 atom stereocenters. The molecule has 6 heteroatoms. The Kier molecular flexibility index (Phi) is 6.40. The molecule has 2 N–H and O–H groups in total. The van der Waals surface area contributed by atoms with Gasteiger partial charge in [-0.3, -0.25) is 15.5 Å². The average molecular weight is 391 g/mol. The third-order valence-corrected chi connectivity index (χ3v) is 4.76. The molecule has 150 valence electrons. The average Bonchev–Trinajstić information content (AvgIpc) is 3.58. The Labute approximate surface area is 171 Å². The van der Waals surface area contributed by atoms with Crippen molar-refractivity contribution in [2.45, 2.75) is 18.9 Å². The van der Waals surface area contributed by atoms with E-state index in [1.165, 1.54) is 0 Å². The van der Waals surface area contributed by atoms with Crippen LogP contribution in [-0.4, -0.2) is 38.0 Å². The highest BCUT2D eigenvalue weighted by Crippen LogP contribution is 2.29. The van der Waals surface area contributed by atoms with E-state index in [1.54, 1.807) is 50.4 Å². The number of amides is 1. The second-order valence-corrected chi connectivity index (χ2v) is 6.88. The normalized spacial score (nSPS) is 13.5. The summed E-state index contributed by atoms with van der Waals surface area (Å²) in [5.41, 5.74) is 1.39. The number of methoxy groups -OCH3 is 2. The lowest BCUT2D eigenvalue weighted by Crippen LogP contribution is -2.42. The summed E-state index contributed by atoms with van der Waals surface area (Å²) in [6, 6.07) is 14.0. The highest BCUT2D eigenvalue weighted by atomic mass is 16.5. The number of nitrogens with zero attached hydrogens (tertiary/aromatic N) is 1. The first kappa shape index (κ1) is 20.3. The zero-order valence-electron chi connectivity index (χ0n) is 16.9. The van der Waals surface area contributed by atoms with Crippen molar-refractivity contribution in [3.8, 4) is 23.3 Å². The van der Waals surface area contributed by atoms with Crippen molar-refractivity contribution >= 4 is 11.9 Å². The Morgan fingerprint density at radius 1 is 1.07 bits per heavy atom. The standard InChI is InChI=1S/C23H25N3O3/c1-26(23(24)25-22(27)18-9-13-20(29-3)14-10-18)21(15-6-16-4-5-16)17-7-11-19(28-2)12-8-17/h7-14,16,21H,4-5H2,1-3H3,(H2,24,25,27). The third kappa shape index (κ3) is 5.29. The molecule has 0 radical (unpaired) electrons. The van der Waals surface area contributed by atoms with Gasteiger partial charge in [-0.15, -0.1) is 0 Å². The van der Waals surface area contributed by atoms with Gasteiger partial charge < -0.3 is 14.4 Å². The van der Waals surface area contributed by atoms with Gasteiger partial charge in [-0.2, -0.15) is 0 Å². The maximum Gasteiger partial charge on any atom is 0.257 e. The van der Waals surface area contributed by atoms with Gasteiger partial charge in [0.15, 0.2) is 5.96 Å². The number of carbonyl (C=O) groups excluding carboxylic acids is 1. The van der Waals surface area contributed by atoms with Crippen LogP contribution in [0.1, 0.15) is 34.8 Å². The van der Waals surface area contributed by atoms with Crippen molar-refractivity contribution in [1.82, 2.24) is 10.2 Å². The number of benzene rings is 2. The van der Waals surface area contributed by atoms with Crippen LogP contribution in [-0.2, 0) is 0 Å². The van der Waals surface area contributed by atoms with E-state index >= 15 is 0 Å². The number of hydrogen-bond donors (Lipinski definition) is 2. The highest BCUT2D eigenvalue weighted by molar-refractivity contribution is 6.05. The summed E-state index contributed by atoms with van der Waals surface area (Å²) in [6.07, 6.45) is 2.25. The second kappa shape index (κ2) is 9.16. The molecule has 1 unspecified atom stereocenters. The van der Waals surface area contributed by atoms with E-state index in [9.17, 15) is 4.79 Å². The van der Waals surface area contributed by atoms with Crippen LogP contribution in [0.15, 0.2) is 48.5 Å². The molecule has 2 aromatic rings. The quantitative estimate of drug-likeness (QED) is 0.465. The fourth-order valence-corrected chi connectivity index (χ4v) is 2.75. The molecule has 1 fully saturated rings. The van der Waals surface area contributed by atoms with Gasteiger partial charge in [-0.1, -0.05) is 24.0 Å². The fraction of sp³-hybridized carbons (Fsp3) is 0.304. The summed E-state index contributed by atoms with van der Waals surface area (Å²) in [6.45, 7) is 0. The van der Waals surface area contributed by atoms with Crippen LogP contribution < -0.4 is 14.8 Å². The molecular weight excluding hydrogens is 366 g/mol. The molecule has 0 aliphatic heterocycles. The van der Waals surface area contributed by atoms with Crippen molar-refractivity contribution in [2.75, 3.05) is 21.3 Å². The molecule has 6 nitrogen and oxygen atoms in total. The van der Waals surface area contributed by atoms with Crippen molar-refractivity contribution in [1.29, 1.82) is 5.41 Å². The van der Waals surface area contributed by atoms with Gasteiger partial charge in [-0.05, 0) is 54.8 Å². The second-order valence-electron chi connectivity index (χ2n) is 6.88. The van der Waals surface area contributed by atoms with Crippen LogP contribution in [0.25, 0.3) is 0 Å². The van der Waals surface area contributed by atoms with Gasteiger partial charge in [-0.25, -0.2) is 0 Å². The van der Waals surface area contributed by atoms with E-state index in [2.05, 4.69) is 17.2 Å². The van der Waals surface area contributed by atoms with Crippen LogP contribution in [0.5, 0.6) is 11.5 Å². The van der Waals surface area contributed by atoms with Crippen LogP contribution in [0.2, 0.25) is 0 Å². The zero-order valence-corrected chi connectivity index (χ0v) is 16.9. The van der Waals surface area contributed by atoms with Crippen LogP contribution >= 0.6 is 0 Å². The summed E-state index contributed by atoms with van der Waals surface area (Å²) in [5.74, 6) is 8.04. The first-order valence-corrected chi connectivity index (χ1v) is 9.43. The first-order chi connectivity index (χ1) is 14.0. The minimum absolute atomic E-state index is 0.0169. The molecule has 1 aliphatic rings. The highest BCUT2D eigenvalue weighted by Gasteiger charge is 2.22. The van der Waals surface area contributed by atoms with Gasteiger partial charge in [0.05, 0.1) is 14.2 Å². The van der Waals surface area contributed by atoms with E-state index < -0.39 is 0 Å². The largest absolute Gasteiger partial charge is 0.497 e. The zero-order chi connectivity index (χ0) is 20.8. The Morgan fingerprint density at radius 2 is 1.62 bits per heavy atom. The van der Waals surface area contributed by atoms with Gasteiger partial charge in [0, 0.05) is 18.5 Å². The lowest BCUT2D eigenvalue weighted by atomic mass is 10.1. The minimum Gasteiger partial charge on any atom is -0.497 e. The lowest BCUT2D eigenvalue weighted by molar-refractivity contribution is 0.0971. The van der Waals surface area contributed by atoms with E-state index in [0.29, 0.717) is 17.2 Å². The Bertz CT molecular complexity index is 923. The van der Waals surface area contributed by atoms with E-state index in [4.69, 9.17) is 14.9 Å². The third-order valence-electron chi connectivity index (χ3n) is 4.76. The van der Waals surface area contributed by atoms with Crippen LogP contribution in [0.4, 0.5) is 0 Å². The Morgan fingerprint density at radius 3 is 2.14 bits per heavy atom. The van der Waals surface area contributed by atoms with Crippen molar-refractivity contribution in [2.24, 2.45) is 5.92 Å². The van der Waals surface area contributed by atoms with Gasteiger partial charge in [0.2, 0.25) is 0 Å².